The number of amides is 2. The van der Waals surface area contributed by atoms with Crippen molar-refractivity contribution in [2.24, 2.45) is 0 Å². The molecular formula is C19H23N3O5S2. The first kappa shape index (κ1) is 21.1. The predicted octanol–water partition coefficient (Wildman–Crippen LogP) is 2.90. The summed E-state index contributed by atoms with van der Waals surface area (Å²) in [5.74, 6) is -0.281. The first-order valence-electron chi connectivity index (χ1n) is 9.28. The summed E-state index contributed by atoms with van der Waals surface area (Å²) in [7, 11) is -3.67. The number of anilines is 1. The van der Waals surface area contributed by atoms with Gasteiger partial charge in [-0.3, -0.25) is 9.52 Å². The molecule has 0 bridgehead atoms. The van der Waals surface area contributed by atoms with Crippen LogP contribution in [-0.4, -0.2) is 51.1 Å². The highest BCUT2D eigenvalue weighted by molar-refractivity contribution is 7.94. The lowest BCUT2D eigenvalue weighted by Gasteiger charge is -2.31. The Bertz CT molecular complexity index is 952. The standard InChI is InChI=1S/C19H23N3O5S2/c1-2-27-19(24)22-10-8-15(9-11-22)20-18(23)14-5-3-6-16(13-14)21-29(25,26)17-7-4-12-28-17/h3-7,12-13,15,21H,2,8-11H2,1H3,(H,20,23). The van der Waals surface area contributed by atoms with Gasteiger partial charge in [-0.25, -0.2) is 13.2 Å². The number of hydrogen-bond acceptors (Lipinski definition) is 6. The molecule has 156 valence electrons. The van der Waals surface area contributed by atoms with Gasteiger partial charge in [0, 0.05) is 30.4 Å². The fourth-order valence-corrected chi connectivity index (χ4v) is 5.08. The van der Waals surface area contributed by atoms with Crippen LogP contribution in [0.4, 0.5) is 10.5 Å². The molecule has 0 atom stereocenters. The van der Waals surface area contributed by atoms with Crippen LogP contribution in [0.5, 0.6) is 0 Å². The van der Waals surface area contributed by atoms with Crippen LogP contribution in [-0.2, 0) is 14.8 Å². The summed E-state index contributed by atoms with van der Waals surface area (Å²) in [5.41, 5.74) is 0.687. The highest BCUT2D eigenvalue weighted by atomic mass is 32.2. The van der Waals surface area contributed by atoms with Crippen LogP contribution in [0.2, 0.25) is 0 Å². The predicted molar refractivity (Wildman–Crippen MR) is 111 cm³/mol. The summed E-state index contributed by atoms with van der Waals surface area (Å²) >= 11 is 1.12. The number of nitrogens with one attached hydrogen (secondary N) is 2. The van der Waals surface area contributed by atoms with E-state index in [9.17, 15) is 18.0 Å². The normalized spacial score (nSPS) is 15.0. The molecule has 2 N–H and O–H groups in total. The van der Waals surface area contributed by atoms with Gasteiger partial charge in [-0.05, 0) is 49.4 Å². The number of thiophene rings is 1. The molecule has 1 fully saturated rings. The third kappa shape index (κ3) is 5.48. The molecule has 0 aliphatic carbocycles. The Balaban J connectivity index is 1.58. The van der Waals surface area contributed by atoms with Gasteiger partial charge in [-0.2, -0.15) is 0 Å². The van der Waals surface area contributed by atoms with Gasteiger partial charge in [0.25, 0.3) is 15.9 Å². The molecule has 1 aromatic carbocycles. The fourth-order valence-electron chi connectivity index (χ4n) is 3.04. The minimum absolute atomic E-state index is 0.0559. The fraction of sp³-hybridized carbons (Fsp3) is 0.368. The zero-order valence-corrected chi connectivity index (χ0v) is 17.6. The van der Waals surface area contributed by atoms with E-state index in [0.717, 1.165) is 11.3 Å². The Morgan fingerprint density at radius 2 is 1.97 bits per heavy atom. The molecule has 1 saturated heterocycles. The van der Waals surface area contributed by atoms with E-state index < -0.39 is 10.0 Å². The summed E-state index contributed by atoms with van der Waals surface area (Å²) in [5, 5.41) is 4.64. The molecule has 1 aliphatic rings. The summed E-state index contributed by atoms with van der Waals surface area (Å²) in [6.07, 6.45) is 0.938. The lowest BCUT2D eigenvalue weighted by Crippen LogP contribution is -2.46. The third-order valence-corrected chi connectivity index (χ3v) is 7.27. The molecule has 10 heteroatoms. The molecule has 29 heavy (non-hydrogen) atoms. The average molecular weight is 438 g/mol. The SMILES string of the molecule is CCOC(=O)N1CCC(NC(=O)c2cccc(NS(=O)(=O)c3cccs3)c2)CC1. The largest absolute Gasteiger partial charge is 0.450 e. The second-order valence-electron chi connectivity index (χ2n) is 6.55. The summed E-state index contributed by atoms with van der Waals surface area (Å²) < 4.78 is 32.4. The van der Waals surface area contributed by atoms with Gasteiger partial charge >= 0.3 is 6.09 Å². The quantitative estimate of drug-likeness (QED) is 0.723. The molecular weight excluding hydrogens is 414 g/mol. The Morgan fingerprint density at radius 3 is 2.62 bits per heavy atom. The van der Waals surface area contributed by atoms with Crippen molar-refractivity contribution in [2.75, 3.05) is 24.4 Å². The second-order valence-corrected chi connectivity index (χ2v) is 9.41. The van der Waals surface area contributed by atoms with E-state index >= 15 is 0 Å². The third-order valence-electron chi connectivity index (χ3n) is 4.49. The van der Waals surface area contributed by atoms with Crippen LogP contribution in [0.1, 0.15) is 30.1 Å². The average Bonchev–Trinajstić information content (AvgIpc) is 3.24. The Labute approximate surface area is 173 Å². The molecule has 1 aromatic heterocycles. The van der Waals surface area contributed by atoms with Crippen molar-refractivity contribution in [1.82, 2.24) is 10.2 Å². The van der Waals surface area contributed by atoms with Crippen molar-refractivity contribution in [1.29, 1.82) is 0 Å². The number of likely N-dealkylation sites (tertiary alicyclic amines) is 1. The molecule has 2 amide bonds. The number of rotatable bonds is 6. The van der Waals surface area contributed by atoms with Crippen LogP contribution in [0.25, 0.3) is 0 Å². The lowest BCUT2D eigenvalue weighted by atomic mass is 10.0. The molecule has 0 radical (unpaired) electrons. The molecule has 8 nitrogen and oxygen atoms in total. The van der Waals surface area contributed by atoms with E-state index in [1.165, 1.54) is 12.1 Å². The van der Waals surface area contributed by atoms with E-state index in [0.29, 0.717) is 43.8 Å². The number of carbonyl (C=O) groups is 2. The van der Waals surface area contributed by atoms with Gasteiger partial charge in [0.05, 0.1) is 6.61 Å². The van der Waals surface area contributed by atoms with Gasteiger partial charge < -0.3 is 15.0 Å². The zero-order valence-electron chi connectivity index (χ0n) is 16.0. The molecule has 0 spiro atoms. The van der Waals surface area contributed by atoms with Crippen molar-refractivity contribution in [3.63, 3.8) is 0 Å². The monoisotopic (exact) mass is 437 g/mol. The molecule has 0 saturated carbocycles. The van der Waals surface area contributed by atoms with Gasteiger partial charge in [0.1, 0.15) is 4.21 Å². The van der Waals surface area contributed by atoms with Crippen molar-refractivity contribution in [3.05, 3.63) is 47.3 Å². The Kier molecular flexibility index (Phi) is 6.75. The van der Waals surface area contributed by atoms with Crippen LogP contribution in [0, 0.1) is 0 Å². The van der Waals surface area contributed by atoms with Gasteiger partial charge in [-0.15, -0.1) is 11.3 Å². The molecule has 2 heterocycles. The van der Waals surface area contributed by atoms with Crippen molar-refractivity contribution in [2.45, 2.75) is 30.0 Å². The summed E-state index contributed by atoms with van der Waals surface area (Å²) in [6.45, 7) is 3.14. The number of ether oxygens (including phenoxy) is 1. The number of nitrogens with zero attached hydrogens (tertiary/aromatic N) is 1. The first-order chi connectivity index (χ1) is 13.9. The maximum atomic E-state index is 12.6. The highest BCUT2D eigenvalue weighted by Gasteiger charge is 2.25. The minimum atomic E-state index is -3.67. The topological polar surface area (TPSA) is 105 Å². The highest BCUT2D eigenvalue weighted by Crippen LogP contribution is 2.21. The van der Waals surface area contributed by atoms with E-state index in [1.54, 1.807) is 41.5 Å². The van der Waals surface area contributed by atoms with E-state index in [2.05, 4.69) is 10.0 Å². The van der Waals surface area contributed by atoms with Gasteiger partial charge in [0.15, 0.2) is 0 Å². The van der Waals surface area contributed by atoms with Crippen LogP contribution in [0.15, 0.2) is 46.0 Å². The number of sulfonamides is 1. The Hall–Kier alpha value is -2.59. The molecule has 1 aliphatic heterocycles. The van der Waals surface area contributed by atoms with E-state index in [4.69, 9.17) is 4.74 Å². The van der Waals surface area contributed by atoms with Gasteiger partial charge in [-0.1, -0.05) is 12.1 Å². The molecule has 2 aromatic rings. The number of hydrogen-bond donors (Lipinski definition) is 2. The minimum Gasteiger partial charge on any atom is -0.450 e. The van der Waals surface area contributed by atoms with Crippen LogP contribution in [0.3, 0.4) is 0 Å². The van der Waals surface area contributed by atoms with Gasteiger partial charge in [0.2, 0.25) is 0 Å². The van der Waals surface area contributed by atoms with Crippen LogP contribution < -0.4 is 10.0 Å². The number of benzene rings is 1. The lowest BCUT2D eigenvalue weighted by molar-refractivity contribution is 0.0860. The molecule has 3 rings (SSSR count). The van der Waals surface area contributed by atoms with E-state index in [-0.39, 0.29) is 22.3 Å². The van der Waals surface area contributed by atoms with E-state index in [1.807, 2.05) is 0 Å². The summed E-state index contributed by atoms with van der Waals surface area (Å²) in [4.78, 5) is 26.0. The molecule has 0 unspecified atom stereocenters. The first-order valence-corrected chi connectivity index (χ1v) is 11.6. The number of carbonyl (C=O) groups excluding carboxylic acids is 2. The van der Waals surface area contributed by atoms with Crippen molar-refractivity contribution in [3.8, 4) is 0 Å². The zero-order chi connectivity index (χ0) is 20.9. The maximum Gasteiger partial charge on any atom is 0.409 e. The smallest absolute Gasteiger partial charge is 0.409 e. The summed E-state index contributed by atoms with van der Waals surface area (Å²) in [6, 6.07) is 9.49. The maximum absolute atomic E-state index is 12.6. The number of piperidine rings is 1. The van der Waals surface area contributed by atoms with Crippen molar-refractivity contribution >= 4 is 39.0 Å². The second kappa shape index (κ2) is 9.27. The van der Waals surface area contributed by atoms with Crippen LogP contribution >= 0.6 is 11.3 Å². The Morgan fingerprint density at radius 1 is 1.21 bits per heavy atom. The van der Waals surface area contributed by atoms with Crippen molar-refractivity contribution < 1.29 is 22.7 Å².